The molecule has 2 amide bonds. The van der Waals surface area contributed by atoms with Crippen molar-refractivity contribution in [2.75, 3.05) is 13.2 Å². The van der Waals surface area contributed by atoms with Crippen LogP contribution in [0.25, 0.3) is 5.57 Å². The Kier molecular flexibility index (Phi) is 4.68. The van der Waals surface area contributed by atoms with Crippen LogP contribution in [0.4, 0.5) is 4.79 Å². The smallest absolute Gasteiger partial charge is 0.315 e. The normalized spacial score (nSPS) is 18.3. The minimum Gasteiger partial charge on any atom is -0.379 e. The standard InChI is InChI=1S/C17H24N2O2/c1-12(2)13-6-5-7-14(10-13)17(3,4)19-16(20)18-15-8-9-21-11-15/h5-7,10,15H,1,8-9,11H2,2-4H3,(H2,18,19,20). The number of ether oxygens (including phenoxy) is 1. The van der Waals surface area contributed by atoms with Crippen LogP contribution < -0.4 is 10.6 Å². The van der Waals surface area contributed by atoms with Crippen LogP contribution in [0.15, 0.2) is 30.8 Å². The third-order valence-electron chi connectivity index (χ3n) is 3.77. The average Bonchev–Trinajstić information content (AvgIpc) is 2.91. The predicted octanol–water partition coefficient (Wildman–Crippen LogP) is 3.04. The third-order valence-corrected chi connectivity index (χ3v) is 3.77. The van der Waals surface area contributed by atoms with Gasteiger partial charge in [0, 0.05) is 6.61 Å². The fourth-order valence-electron chi connectivity index (χ4n) is 2.40. The molecule has 2 N–H and O–H groups in total. The molecule has 1 atom stereocenters. The summed E-state index contributed by atoms with van der Waals surface area (Å²) in [5.74, 6) is 0. The van der Waals surface area contributed by atoms with Crippen LogP contribution in [0.2, 0.25) is 0 Å². The molecule has 0 saturated carbocycles. The summed E-state index contributed by atoms with van der Waals surface area (Å²) >= 11 is 0. The van der Waals surface area contributed by atoms with Gasteiger partial charge in [-0.15, -0.1) is 0 Å². The zero-order chi connectivity index (χ0) is 15.5. The maximum atomic E-state index is 12.1. The van der Waals surface area contributed by atoms with E-state index in [-0.39, 0.29) is 12.1 Å². The van der Waals surface area contributed by atoms with E-state index in [2.05, 4.69) is 23.3 Å². The minimum atomic E-state index is -0.449. The second kappa shape index (κ2) is 6.31. The van der Waals surface area contributed by atoms with Crippen LogP contribution in [0.3, 0.4) is 0 Å². The van der Waals surface area contributed by atoms with Crippen molar-refractivity contribution in [2.24, 2.45) is 0 Å². The topological polar surface area (TPSA) is 50.4 Å². The van der Waals surface area contributed by atoms with Crippen molar-refractivity contribution >= 4 is 11.6 Å². The molecule has 1 saturated heterocycles. The molecule has 4 heteroatoms. The molecule has 0 radical (unpaired) electrons. The lowest BCUT2D eigenvalue weighted by molar-refractivity contribution is 0.187. The van der Waals surface area contributed by atoms with Gasteiger partial charge in [0.05, 0.1) is 18.2 Å². The van der Waals surface area contributed by atoms with Gasteiger partial charge in [0.1, 0.15) is 0 Å². The molecule has 1 aromatic carbocycles. The van der Waals surface area contributed by atoms with Crippen molar-refractivity contribution in [1.29, 1.82) is 0 Å². The van der Waals surface area contributed by atoms with E-state index in [0.29, 0.717) is 6.61 Å². The van der Waals surface area contributed by atoms with Crippen LogP contribution in [0, 0.1) is 0 Å². The highest BCUT2D eigenvalue weighted by Crippen LogP contribution is 2.23. The van der Waals surface area contributed by atoms with E-state index in [1.807, 2.05) is 39.0 Å². The lowest BCUT2D eigenvalue weighted by Gasteiger charge is -2.28. The van der Waals surface area contributed by atoms with Crippen LogP contribution in [0.1, 0.15) is 38.3 Å². The van der Waals surface area contributed by atoms with Crippen LogP contribution in [0.5, 0.6) is 0 Å². The Balaban J connectivity index is 2.04. The summed E-state index contributed by atoms with van der Waals surface area (Å²) in [6.45, 7) is 11.2. The van der Waals surface area contributed by atoms with E-state index in [1.165, 1.54) is 0 Å². The van der Waals surface area contributed by atoms with Crippen molar-refractivity contribution in [3.63, 3.8) is 0 Å². The quantitative estimate of drug-likeness (QED) is 0.894. The Hall–Kier alpha value is -1.81. The minimum absolute atomic E-state index is 0.113. The predicted molar refractivity (Wildman–Crippen MR) is 85.1 cm³/mol. The average molecular weight is 288 g/mol. The summed E-state index contributed by atoms with van der Waals surface area (Å²) in [6.07, 6.45) is 0.874. The van der Waals surface area contributed by atoms with Gasteiger partial charge in [0.2, 0.25) is 0 Å². The summed E-state index contributed by atoms with van der Waals surface area (Å²) < 4.78 is 5.26. The van der Waals surface area contributed by atoms with Crippen LogP contribution >= 0.6 is 0 Å². The highest BCUT2D eigenvalue weighted by Gasteiger charge is 2.25. The molecule has 0 aromatic heterocycles. The Morgan fingerprint density at radius 2 is 2.19 bits per heavy atom. The lowest BCUT2D eigenvalue weighted by Crippen LogP contribution is -2.49. The molecule has 0 spiro atoms. The summed E-state index contributed by atoms with van der Waals surface area (Å²) in [5.41, 5.74) is 2.71. The van der Waals surface area contributed by atoms with Gasteiger partial charge in [-0.25, -0.2) is 4.79 Å². The first-order chi connectivity index (χ1) is 9.88. The number of carbonyl (C=O) groups excluding carboxylic acids is 1. The number of rotatable bonds is 4. The first-order valence-electron chi connectivity index (χ1n) is 7.31. The lowest BCUT2D eigenvalue weighted by atomic mass is 9.92. The van der Waals surface area contributed by atoms with Gasteiger partial charge in [0.25, 0.3) is 0 Å². The molecule has 1 aliphatic rings. The Morgan fingerprint density at radius 3 is 2.81 bits per heavy atom. The van der Waals surface area contributed by atoms with Crippen molar-refractivity contribution in [1.82, 2.24) is 10.6 Å². The number of hydrogen-bond acceptors (Lipinski definition) is 2. The summed E-state index contributed by atoms with van der Waals surface area (Å²) in [6, 6.07) is 8.06. The number of carbonyl (C=O) groups is 1. The number of nitrogens with one attached hydrogen (secondary N) is 2. The number of amides is 2. The number of benzene rings is 1. The molecular weight excluding hydrogens is 264 g/mol. The summed E-state index contributed by atoms with van der Waals surface area (Å²) in [5, 5.41) is 5.98. The molecule has 0 bridgehead atoms. The zero-order valence-electron chi connectivity index (χ0n) is 13.0. The molecule has 1 aromatic rings. The number of urea groups is 1. The van der Waals surface area contributed by atoms with E-state index in [0.717, 1.165) is 29.7 Å². The molecule has 1 aliphatic heterocycles. The van der Waals surface area contributed by atoms with Crippen molar-refractivity contribution in [3.8, 4) is 0 Å². The van der Waals surface area contributed by atoms with Crippen molar-refractivity contribution in [2.45, 2.75) is 38.8 Å². The van der Waals surface area contributed by atoms with Gasteiger partial charge in [-0.1, -0.05) is 30.4 Å². The second-order valence-corrected chi connectivity index (χ2v) is 6.15. The number of allylic oxidation sites excluding steroid dienone is 1. The van der Waals surface area contributed by atoms with Crippen LogP contribution in [-0.2, 0) is 10.3 Å². The van der Waals surface area contributed by atoms with E-state index in [1.54, 1.807) is 0 Å². The zero-order valence-corrected chi connectivity index (χ0v) is 13.0. The Morgan fingerprint density at radius 1 is 1.43 bits per heavy atom. The molecule has 1 fully saturated rings. The van der Waals surface area contributed by atoms with E-state index in [9.17, 15) is 4.79 Å². The van der Waals surface area contributed by atoms with Gasteiger partial charge in [-0.05, 0) is 44.4 Å². The molecule has 1 unspecified atom stereocenters. The third kappa shape index (κ3) is 4.08. The van der Waals surface area contributed by atoms with Crippen molar-refractivity contribution in [3.05, 3.63) is 42.0 Å². The summed E-state index contributed by atoms with van der Waals surface area (Å²) in [4.78, 5) is 12.1. The molecule has 2 rings (SSSR count). The first-order valence-corrected chi connectivity index (χ1v) is 7.31. The fourth-order valence-corrected chi connectivity index (χ4v) is 2.40. The first kappa shape index (κ1) is 15.6. The summed E-state index contributed by atoms with van der Waals surface area (Å²) in [7, 11) is 0. The molecule has 0 aliphatic carbocycles. The molecule has 1 heterocycles. The van der Waals surface area contributed by atoms with Gasteiger partial charge >= 0.3 is 6.03 Å². The largest absolute Gasteiger partial charge is 0.379 e. The molecule has 21 heavy (non-hydrogen) atoms. The van der Waals surface area contributed by atoms with Gasteiger partial charge in [0.15, 0.2) is 0 Å². The van der Waals surface area contributed by atoms with Crippen molar-refractivity contribution < 1.29 is 9.53 Å². The second-order valence-electron chi connectivity index (χ2n) is 6.15. The van der Waals surface area contributed by atoms with Gasteiger partial charge < -0.3 is 15.4 Å². The number of hydrogen-bond donors (Lipinski definition) is 2. The maximum absolute atomic E-state index is 12.1. The monoisotopic (exact) mass is 288 g/mol. The van der Waals surface area contributed by atoms with Gasteiger partial charge in [-0.2, -0.15) is 0 Å². The van der Waals surface area contributed by atoms with Gasteiger partial charge in [-0.3, -0.25) is 0 Å². The SMILES string of the molecule is C=C(C)c1cccc(C(C)(C)NC(=O)NC2CCOC2)c1. The van der Waals surface area contributed by atoms with E-state index < -0.39 is 5.54 Å². The molecule has 114 valence electrons. The molecule has 4 nitrogen and oxygen atoms in total. The van der Waals surface area contributed by atoms with E-state index >= 15 is 0 Å². The highest BCUT2D eigenvalue weighted by atomic mass is 16.5. The van der Waals surface area contributed by atoms with E-state index in [4.69, 9.17) is 4.74 Å². The van der Waals surface area contributed by atoms with Crippen LogP contribution in [-0.4, -0.2) is 25.3 Å². The highest BCUT2D eigenvalue weighted by molar-refractivity contribution is 5.75. The Labute approximate surface area is 126 Å². The molecular formula is C17H24N2O2. The maximum Gasteiger partial charge on any atom is 0.315 e. The Bertz CT molecular complexity index is 531. The fraction of sp³-hybridized carbons (Fsp3) is 0.471.